The van der Waals surface area contributed by atoms with Gasteiger partial charge in [0.15, 0.2) is 5.78 Å². The van der Waals surface area contributed by atoms with Crippen molar-refractivity contribution < 1.29 is 9.59 Å². The van der Waals surface area contributed by atoms with Crippen LogP contribution in [0.25, 0.3) is 11.1 Å². The number of hydrogen-bond acceptors (Lipinski definition) is 2. The molecule has 0 aliphatic carbocycles. The first-order valence-corrected chi connectivity index (χ1v) is 9.17. The van der Waals surface area contributed by atoms with Crippen molar-refractivity contribution in [3.63, 3.8) is 0 Å². The number of benzene rings is 2. The zero-order valence-electron chi connectivity index (χ0n) is 15.2. The van der Waals surface area contributed by atoms with Gasteiger partial charge < -0.3 is 5.32 Å². The Balaban J connectivity index is 1.93. The van der Waals surface area contributed by atoms with Crippen molar-refractivity contribution in [2.24, 2.45) is 0 Å². The molecule has 0 bridgehead atoms. The van der Waals surface area contributed by atoms with E-state index in [9.17, 15) is 9.59 Å². The average molecular weight is 337 g/mol. The normalized spacial score (nSPS) is 10.5. The van der Waals surface area contributed by atoms with Crippen molar-refractivity contribution in [3.05, 3.63) is 54.1 Å². The van der Waals surface area contributed by atoms with Crippen molar-refractivity contribution in [3.8, 4) is 11.1 Å². The lowest BCUT2D eigenvalue weighted by Gasteiger charge is -2.07. The van der Waals surface area contributed by atoms with Gasteiger partial charge in [0.25, 0.3) is 0 Å². The van der Waals surface area contributed by atoms with Crippen molar-refractivity contribution in [1.82, 2.24) is 0 Å². The molecule has 2 aromatic carbocycles. The van der Waals surface area contributed by atoms with Crippen LogP contribution >= 0.6 is 0 Å². The number of hydrogen-bond donors (Lipinski definition) is 1. The number of amides is 1. The summed E-state index contributed by atoms with van der Waals surface area (Å²) in [6.07, 6.45) is 5.52. The topological polar surface area (TPSA) is 46.2 Å². The fourth-order valence-corrected chi connectivity index (χ4v) is 2.73. The van der Waals surface area contributed by atoms with E-state index in [0.29, 0.717) is 12.8 Å². The van der Waals surface area contributed by atoms with Crippen LogP contribution in [-0.2, 0) is 4.79 Å². The summed E-state index contributed by atoms with van der Waals surface area (Å²) in [5.74, 6) is 0.231. The van der Waals surface area contributed by atoms with Crippen LogP contribution in [-0.4, -0.2) is 11.7 Å². The SMILES string of the molecule is CCCCCCC(=O)Nc1ccc(-c2ccc(C(=O)CC)cc2)cc1. The minimum Gasteiger partial charge on any atom is -0.326 e. The molecule has 0 fully saturated rings. The minimum atomic E-state index is 0.0753. The van der Waals surface area contributed by atoms with Crippen molar-refractivity contribution in [1.29, 1.82) is 0 Å². The van der Waals surface area contributed by atoms with Crippen molar-refractivity contribution >= 4 is 17.4 Å². The van der Waals surface area contributed by atoms with Gasteiger partial charge in [-0.15, -0.1) is 0 Å². The summed E-state index contributed by atoms with van der Waals surface area (Å²) >= 11 is 0. The monoisotopic (exact) mass is 337 g/mol. The Hall–Kier alpha value is -2.42. The third-order valence-electron chi connectivity index (χ3n) is 4.29. The minimum absolute atomic E-state index is 0.0753. The number of carbonyl (C=O) groups excluding carboxylic acids is 2. The van der Waals surface area contributed by atoms with Gasteiger partial charge in [-0.05, 0) is 29.7 Å². The van der Waals surface area contributed by atoms with Crippen LogP contribution in [0.1, 0.15) is 62.7 Å². The van der Waals surface area contributed by atoms with Crippen LogP contribution in [0.2, 0.25) is 0 Å². The van der Waals surface area contributed by atoms with Crippen LogP contribution in [0, 0.1) is 0 Å². The smallest absolute Gasteiger partial charge is 0.224 e. The highest BCUT2D eigenvalue weighted by Gasteiger charge is 2.05. The highest BCUT2D eigenvalue weighted by Crippen LogP contribution is 2.22. The molecule has 0 radical (unpaired) electrons. The van der Waals surface area contributed by atoms with Gasteiger partial charge in [0, 0.05) is 24.1 Å². The number of ketones is 1. The molecule has 0 atom stereocenters. The van der Waals surface area contributed by atoms with Gasteiger partial charge in [0.1, 0.15) is 0 Å². The van der Waals surface area contributed by atoms with E-state index in [0.717, 1.165) is 35.2 Å². The Labute approximate surface area is 150 Å². The molecule has 0 aliphatic heterocycles. The van der Waals surface area contributed by atoms with Gasteiger partial charge in [0.05, 0.1) is 0 Å². The molecular weight excluding hydrogens is 310 g/mol. The van der Waals surface area contributed by atoms with E-state index in [1.54, 1.807) is 0 Å². The summed E-state index contributed by atoms with van der Waals surface area (Å²) in [5.41, 5.74) is 3.70. The molecule has 3 heteroatoms. The van der Waals surface area contributed by atoms with Crippen LogP contribution in [0.4, 0.5) is 5.69 Å². The molecule has 2 aromatic rings. The molecule has 25 heavy (non-hydrogen) atoms. The maximum Gasteiger partial charge on any atom is 0.224 e. The van der Waals surface area contributed by atoms with Crippen LogP contribution < -0.4 is 5.32 Å². The molecule has 1 amide bonds. The Bertz CT molecular complexity index is 687. The molecule has 0 unspecified atom stereocenters. The summed E-state index contributed by atoms with van der Waals surface area (Å²) in [5, 5.41) is 2.95. The van der Waals surface area contributed by atoms with Gasteiger partial charge in [-0.1, -0.05) is 69.5 Å². The molecule has 3 nitrogen and oxygen atoms in total. The lowest BCUT2D eigenvalue weighted by molar-refractivity contribution is -0.116. The second-order valence-corrected chi connectivity index (χ2v) is 6.29. The first-order chi connectivity index (χ1) is 12.1. The summed E-state index contributed by atoms with van der Waals surface area (Å²) in [6.45, 7) is 4.03. The van der Waals surface area contributed by atoms with Gasteiger partial charge in [0.2, 0.25) is 5.91 Å². The molecule has 0 aromatic heterocycles. The van der Waals surface area contributed by atoms with E-state index in [1.165, 1.54) is 12.8 Å². The first-order valence-electron chi connectivity index (χ1n) is 9.17. The third kappa shape index (κ3) is 5.86. The van der Waals surface area contributed by atoms with E-state index >= 15 is 0 Å². The molecular formula is C22H27NO2. The summed E-state index contributed by atoms with van der Waals surface area (Å²) in [6, 6.07) is 15.5. The highest BCUT2D eigenvalue weighted by atomic mass is 16.1. The van der Waals surface area contributed by atoms with E-state index in [2.05, 4.69) is 12.2 Å². The van der Waals surface area contributed by atoms with Gasteiger partial charge in [-0.2, -0.15) is 0 Å². The maximum atomic E-state index is 11.9. The van der Waals surface area contributed by atoms with Crippen LogP contribution in [0.3, 0.4) is 0 Å². The Morgan fingerprint density at radius 3 is 1.96 bits per heavy atom. The average Bonchev–Trinajstić information content (AvgIpc) is 2.65. The number of carbonyl (C=O) groups is 2. The molecule has 0 saturated carbocycles. The Morgan fingerprint density at radius 1 is 0.800 bits per heavy atom. The van der Waals surface area contributed by atoms with Crippen LogP contribution in [0.5, 0.6) is 0 Å². The predicted molar refractivity (Wildman–Crippen MR) is 104 cm³/mol. The molecule has 0 spiro atoms. The Kier molecular flexibility index (Phi) is 7.39. The largest absolute Gasteiger partial charge is 0.326 e. The predicted octanol–water partition coefficient (Wildman–Crippen LogP) is 5.86. The van der Waals surface area contributed by atoms with Gasteiger partial charge in [-0.3, -0.25) is 9.59 Å². The molecule has 0 heterocycles. The number of Topliss-reactive ketones (excluding diaryl/α,β-unsaturated/α-hetero) is 1. The summed E-state index contributed by atoms with van der Waals surface area (Å²) < 4.78 is 0. The standard InChI is InChI=1S/C22H27NO2/c1-3-5-6-7-8-22(25)23-20-15-13-18(14-16-20)17-9-11-19(12-10-17)21(24)4-2/h9-16H,3-8H2,1-2H3,(H,23,25). The highest BCUT2D eigenvalue weighted by molar-refractivity contribution is 5.96. The van der Waals surface area contributed by atoms with E-state index in [-0.39, 0.29) is 11.7 Å². The van der Waals surface area contributed by atoms with Gasteiger partial charge >= 0.3 is 0 Å². The quantitative estimate of drug-likeness (QED) is 0.460. The lowest BCUT2D eigenvalue weighted by atomic mass is 10.0. The first kappa shape index (κ1) is 18.9. The van der Waals surface area contributed by atoms with Crippen molar-refractivity contribution in [2.45, 2.75) is 52.4 Å². The zero-order valence-corrected chi connectivity index (χ0v) is 15.2. The fourth-order valence-electron chi connectivity index (χ4n) is 2.73. The molecule has 132 valence electrons. The fraction of sp³-hybridized carbons (Fsp3) is 0.364. The lowest BCUT2D eigenvalue weighted by Crippen LogP contribution is -2.10. The number of anilines is 1. The van der Waals surface area contributed by atoms with Crippen LogP contribution in [0.15, 0.2) is 48.5 Å². The van der Waals surface area contributed by atoms with E-state index in [4.69, 9.17) is 0 Å². The molecule has 0 aliphatic rings. The van der Waals surface area contributed by atoms with E-state index < -0.39 is 0 Å². The second kappa shape index (κ2) is 9.77. The second-order valence-electron chi connectivity index (χ2n) is 6.29. The summed E-state index contributed by atoms with van der Waals surface area (Å²) in [7, 11) is 0. The number of unbranched alkanes of at least 4 members (excludes halogenated alkanes) is 3. The van der Waals surface area contributed by atoms with Crippen molar-refractivity contribution in [2.75, 3.05) is 5.32 Å². The third-order valence-corrected chi connectivity index (χ3v) is 4.29. The molecule has 1 N–H and O–H groups in total. The van der Waals surface area contributed by atoms with Gasteiger partial charge in [-0.25, -0.2) is 0 Å². The molecule has 0 saturated heterocycles. The Morgan fingerprint density at radius 2 is 1.40 bits per heavy atom. The number of nitrogens with one attached hydrogen (secondary N) is 1. The molecule has 2 rings (SSSR count). The number of rotatable bonds is 9. The maximum absolute atomic E-state index is 11.9. The summed E-state index contributed by atoms with van der Waals surface area (Å²) in [4.78, 5) is 23.6. The zero-order chi connectivity index (χ0) is 18.1. The van der Waals surface area contributed by atoms with E-state index in [1.807, 2.05) is 55.5 Å².